The van der Waals surface area contributed by atoms with Crippen molar-refractivity contribution in [2.24, 2.45) is 0 Å². The lowest BCUT2D eigenvalue weighted by atomic mass is 9.70. The van der Waals surface area contributed by atoms with Crippen molar-refractivity contribution in [3.05, 3.63) is 241 Å². The predicted octanol–water partition coefficient (Wildman–Crippen LogP) is 16.3. The second-order valence-electron chi connectivity index (χ2n) is 17.1. The molecule has 3 heterocycles. The molecule has 2 aliphatic carbocycles. The molecule has 4 heteroatoms. The molecule has 0 saturated carbocycles. The van der Waals surface area contributed by atoms with E-state index in [1.807, 2.05) is 23.5 Å². The number of benzene rings is 9. The fraction of sp³-hybridized carbons (Fsp3) is 0.0164. The van der Waals surface area contributed by atoms with Crippen molar-refractivity contribution < 1.29 is 4.42 Å². The molecule has 0 amide bonds. The number of hydrogen-bond donors (Lipinski definition) is 0. The predicted molar refractivity (Wildman–Crippen MR) is 268 cm³/mol. The molecule has 0 saturated heterocycles. The monoisotopic (exact) mass is 844 g/mol. The molecule has 1 atom stereocenters. The van der Waals surface area contributed by atoms with Crippen molar-refractivity contribution in [2.75, 3.05) is 0 Å². The third-order valence-corrected chi connectivity index (χ3v) is 15.0. The van der Waals surface area contributed by atoms with E-state index in [0.717, 1.165) is 60.8 Å². The van der Waals surface area contributed by atoms with Gasteiger partial charge in [0, 0.05) is 48.2 Å². The van der Waals surface area contributed by atoms with E-state index in [1.54, 1.807) is 0 Å². The van der Waals surface area contributed by atoms with Crippen LogP contribution in [0.3, 0.4) is 0 Å². The van der Waals surface area contributed by atoms with Gasteiger partial charge in [0.25, 0.3) is 0 Å². The molecule has 65 heavy (non-hydrogen) atoms. The second-order valence-corrected chi connectivity index (χ2v) is 18.1. The van der Waals surface area contributed by atoms with Gasteiger partial charge in [0.1, 0.15) is 11.2 Å². The first-order valence-electron chi connectivity index (χ1n) is 22.2. The van der Waals surface area contributed by atoms with E-state index in [-0.39, 0.29) is 0 Å². The maximum Gasteiger partial charge on any atom is 0.161 e. The number of thiophene rings is 1. The van der Waals surface area contributed by atoms with Gasteiger partial charge in [-0.2, -0.15) is 0 Å². The Bertz CT molecular complexity index is 3880. The zero-order valence-corrected chi connectivity index (χ0v) is 35.8. The Morgan fingerprint density at radius 3 is 1.69 bits per heavy atom. The third-order valence-electron chi connectivity index (χ3n) is 13.7. The van der Waals surface area contributed by atoms with Gasteiger partial charge in [-0.15, -0.1) is 11.3 Å². The van der Waals surface area contributed by atoms with E-state index >= 15 is 0 Å². The maximum atomic E-state index is 6.44. The number of furan rings is 1. The standard InChI is InChI=1S/C61H36N2OS/c1-3-17-39(18-4-1)58-54-45-23-8-12-29-49(45)61(55(54)59(65-58)40-19-5-2-6-20-40)48-28-11-7-22-44(48)53-47(27-16-30-50(53)61)60-62-51-31-13-9-24-46(51)56(63-60)38-35-33-37(34-36-38)41-25-15-26-43-42-21-10-14-32-52(42)64-57(41)43/h1-36H. The lowest BCUT2D eigenvalue weighted by Crippen LogP contribution is -2.26. The minimum absolute atomic E-state index is 0.569. The SMILES string of the molecule is c1ccc(-c2sc(-c3ccccc3)c3c2-c2ccccc2C32c3ccccc3-c3c(-c4nc(-c5ccc(-c6cccc7c6oc6ccccc67)cc5)c5ccccc5n4)cccc32)cc1. The molecule has 1 unspecified atom stereocenters. The average Bonchev–Trinajstić information content (AvgIpc) is 4.12. The zero-order chi connectivity index (χ0) is 42.6. The Morgan fingerprint density at radius 1 is 0.369 bits per heavy atom. The minimum atomic E-state index is -0.569. The molecule has 3 nitrogen and oxygen atoms in total. The molecule has 0 N–H and O–H groups in total. The average molecular weight is 845 g/mol. The highest BCUT2D eigenvalue weighted by atomic mass is 32.1. The summed E-state index contributed by atoms with van der Waals surface area (Å²) in [4.78, 5) is 13.5. The molecular formula is C61H36N2OS. The van der Waals surface area contributed by atoms with Crippen molar-refractivity contribution in [2.45, 2.75) is 5.41 Å². The Balaban J connectivity index is 0.989. The van der Waals surface area contributed by atoms with Crippen molar-refractivity contribution in [1.82, 2.24) is 9.97 Å². The number of para-hydroxylation sites is 3. The van der Waals surface area contributed by atoms with Gasteiger partial charge >= 0.3 is 0 Å². The van der Waals surface area contributed by atoms with Gasteiger partial charge < -0.3 is 4.42 Å². The lowest BCUT2D eigenvalue weighted by Gasteiger charge is -2.31. The van der Waals surface area contributed by atoms with E-state index in [2.05, 4.69) is 206 Å². The van der Waals surface area contributed by atoms with Crippen LogP contribution < -0.4 is 0 Å². The normalized spacial score (nSPS) is 14.5. The Labute approximate surface area is 379 Å². The fourth-order valence-corrected chi connectivity index (χ4v) is 12.5. The van der Waals surface area contributed by atoms with Crippen molar-refractivity contribution in [3.63, 3.8) is 0 Å². The molecule has 9 aromatic carbocycles. The van der Waals surface area contributed by atoms with E-state index in [4.69, 9.17) is 14.4 Å². The largest absolute Gasteiger partial charge is 0.455 e. The van der Waals surface area contributed by atoms with Crippen LogP contribution in [-0.4, -0.2) is 9.97 Å². The molecule has 0 aliphatic heterocycles. The van der Waals surface area contributed by atoms with E-state index in [9.17, 15) is 0 Å². The highest BCUT2D eigenvalue weighted by molar-refractivity contribution is 7.19. The Hall–Kier alpha value is -8.18. The number of fused-ring (bicyclic) bond motifs is 14. The van der Waals surface area contributed by atoms with Crippen molar-refractivity contribution >= 4 is 44.2 Å². The number of rotatable bonds is 5. The van der Waals surface area contributed by atoms with E-state index in [1.165, 1.54) is 65.4 Å². The first kappa shape index (κ1) is 36.3. The lowest BCUT2D eigenvalue weighted by molar-refractivity contribution is 0.670. The second kappa shape index (κ2) is 13.9. The van der Waals surface area contributed by atoms with Gasteiger partial charge in [-0.05, 0) is 67.8 Å². The van der Waals surface area contributed by atoms with Crippen LogP contribution in [-0.2, 0) is 5.41 Å². The van der Waals surface area contributed by atoms with Crippen LogP contribution in [0.25, 0.3) is 110 Å². The summed E-state index contributed by atoms with van der Waals surface area (Å²) in [5, 5.41) is 3.27. The van der Waals surface area contributed by atoms with Crippen LogP contribution in [0.5, 0.6) is 0 Å². The number of hydrogen-bond acceptors (Lipinski definition) is 4. The van der Waals surface area contributed by atoms with Crippen LogP contribution in [0, 0.1) is 0 Å². The summed E-state index contributed by atoms with van der Waals surface area (Å²) >= 11 is 1.91. The number of aromatic nitrogens is 2. The summed E-state index contributed by atoms with van der Waals surface area (Å²) in [5.74, 6) is 0.712. The Kier molecular flexibility index (Phi) is 7.77. The van der Waals surface area contributed by atoms with E-state index < -0.39 is 5.41 Å². The smallest absolute Gasteiger partial charge is 0.161 e. The molecule has 3 aromatic heterocycles. The van der Waals surface area contributed by atoms with Gasteiger partial charge in [0.05, 0.1) is 16.6 Å². The number of nitrogens with zero attached hydrogens (tertiary/aromatic N) is 2. The summed E-state index contributed by atoms with van der Waals surface area (Å²) in [7, 11) is 0. The van der Waals surface area contributed by atoms with Crippen LogP contribution in [0.2, 0.25) is 0 Å². The molecule has 0 bridgehead atoms. The Morgan fingerprint density at radius 2 is 0.923 bits per heavy atom. The third kappa shape index (κ3) is 5.11. The van der Waals surface area contributed by atoms with Crippen molar-refractivity contribution in [1.29, 1.82) is 0 Å². The van der Waals surface area contributed by atoms with Gasteiger partial charge in [0.2, 0.25) is 0 Å². The van der Waals surface area contributed by atoms with Gasteiger partial charge in [-0.1, -0.05) is 206 Å². The fourth-order valence-electron chi connectivity index (χ4n) is 11.1. The van der Waals surface area contributed by atoms with Crippen molar-refractivity contribution in [3.8, 4) is 76.9 Å². The highest BCUT2D eigenvalue weighted by Gasteiger charge is 2.55. The summed E-state index contributed by atoms with van der Waals surface area (Å²) < 4.78 is 6.44. The maximum absolute atomic E-state index is 6.44. The zero-order valence-electron chi connectivity index (χ0n) is 35.0. The van der Waals surface area contributed by atoms with E-state index in [0.29, 0.717) is 5.82 Å². The summed E-state index contributed by atoms with van der Waals surface area (Å²) in [6.07, 6.45) is 0. The van der Waals surface area contributed by atoms with Gasteiger partial charge in [-0.25, -0.2) is 9.97 Å². The van der Waals surface area contributed by atoms with Crippen LogP contribution >= 0.6 is 11.3 Å². The molecular weight excluding hydrogens is 809 g/mol. The molecule has 14 rings (SSSR count). The minimum Gasteiger partial charge on any atom is -0.455 e. The first-order valence-corrected chi connectivity index (χ1v) is 23.0. The van der Waals surface area contributed by atoms with Gasteiger partial charge in [-0.3, -0.25) is 0 Å². The van der Waals surface area contributed by atoms with Crippen LogP contribution in [0.15, 0.2) is 223 Å². The van der Waals surface area contributed by atoms with Crippen LogP contribution in [0.1, 0.15) is 22.3 Å². The summed E-state index contributed by atoms with van der Waals surface area (Å²) in [6, 6.07) is 78.7. The highest BCUT2D eigenvalue weighted by Crippen LogP contribution is 2.68. The molecule has 0 fully saturated rings. The molecule has 0 radical (unpaired) electrons. The quantitative estimate of drug-likeness (QED) is 0.173. The van der Waals surface area contributed by atoms with Gasteiger partial charge in [0.15, 0.2) is 5.82 Å². The summed E-state index contributed by atoms with van der Waals surface area (Å²) in [6.45, 7) is 0. The summed E-state index contributed by atoms with van der Waals surface area (Å²) in [5.41, 5.74) is 20.0. The molecule has 1 spiro atoms. The topological polar surface area (TPSA) is 38.9 Å². The molecule has 12 aromatic rings. The molecule has 2 aliphatic rings. The molecule has 302 valence electrons. The first-order chi connectivity index (χ1) is 32.3. The van der Waals surface area contributed by atoms with Crippen LogP contribution in [0.4, 0.5) is 0 Å².